The summed E-state index contributed by atoms with van der Waals surface area (Å²) in [5, 5.41) is 0. The minimum Gasteiger partial charge on any atom is -0.497 e. The highest BCUT2D eigenvalue weighted by Crippen LogP contribution is 2.27. The van der Waals surface area contributed by atoms with E-state index < -0.39 is 0 Å². The van der Waals surface area contributed by atoms with E-state index in [9.17, 15) is 4.39 Å². The molecule has 0 N–H and O–H groups in total. The van der Waals surface area contributed by atoms with Gasteiger partial charge in [0.05, 0.1) is 19.9 Å². The molecule has 1 aliphatic heterocycles. The van der Waals surface area contributed by atoms with Gasteiger partial charge in [-0.2, -0.15) is 0 Å². The first kappa shape index (κ1) is 20.2. The Labute approximate surface area is 176 Å². The molecule has 1 aromatic heterocycles. The van der Waals surface area contributed by atoms with Crippen LogP contribution >= 0.6 is 0 Å². The lowest BCUT2D eigenvalue weighted by atomic mass is 10.1. The van der Waals surface area contributed by atoms with Crippen LogP contribution in [0.5, 0.6) is 11.6 Å². The number of ether oxygens (including phenoxy) is 2. The van der Waals surface area contributed by atoms with Crippen LogP contribution in [0.2, 0.25) is 0 Å². The molecule has 0 aliphatic carbocycles. The monoisotopic (exact) mass is 407 g/mol. The topological polar surface area (TPSA) is 37.8 Å². The van der Waals surface area contributed by atoms with Crippen LogP contribution in [0.3, 0.4) is 0 Å². The number of hydrogen-bond acceptors (Lipinski definition) is 5. The normalized spacial score (nSPS) is 14.6. The van der Waals surface area contributed by atoms with E-state index in [-0.39, 0.29) is 5.82 Å². The van der Waals surface area contributed by atoms with Gasteiger partial charge in [-0.05, 0) is 42.5 Å². The lowest BCUT2D eigenvalue weighted by Gasteiger charge is -2.36. The Balaban J connectivity index is 1.43. The standard InChI is InChI=1S/C24H26FN3O2/c1-29-22-5-3-4-18(16-22)23-11-6-19(24(26-23)30-2)17-27-12-14-28(15-13-27)21-9-7-20(25)8-10-21/h3-11,16H,12-15,17H2,1-2H3. The molecule has 3 aromatic rings. The maximum absolute atomic E-state index is 13.2. The molecule has 1 saturated heterocycles. The maximum atomic E-state index is 13.2. The van der Waals surface area contributed by atoms with Crippen molar-refractivity contribution in [3.05, 3.63) is 72.0 Å². The zero-order valence-electron chi connectivity index (χ0n) is 17.3. The molecule has 6 heteroatoms. The van der Waals surface area contributed by atoms with Gasteiger partial charge in [0, 0.05) is 49.5 Å². The van der Waals surface area contributed by atoms with Crippen molar-refractivity contribution in [3.8, 4) is 22.9 Å². The quantitative estimate of drug-likeness (QED) is 0.611. The summed E-state index contributed by atoms with van der Waals surface area (Å²) >= 11 is 0. The molecular formula is C24H26FN3O2. The van der Waals surface area contributed by atoms with Gasteiger partial charge in [0.2, 0.25) is 5.88 Å². The Morgan fingerprint density at radius 2 is 1.67 bits per heavy atom. The summed E-state index contributed by atoms with van der Waals surface area (Å²) < 4.78 is 24.1. The van der Waals surface area contributed by atoms with Crippen molar-refractivity contribution in [1.82, 2.24) is 9.88 Å². The summed E-state index contributed by atoms with van der Waals surface area (Å²) in [5.74, 6) is 1.25. The molecule has 0 unspecified atom stereocenters. The van der Waals surface area contributed by atoms with Crippen molar-refractivity contribution in [3.63, 3.8) is 0 Å². The predicted molar refractivity (Wildman–Crippen MR) is 117 cm³/mol. The number of benzene rings is 2. The molecule has 0 bridgehead atoms. The van der Waals surface area contributed by atoms with Gasteiger partial charge < -0.3 is 14.4 Å². The Morgan fingerprint density at radius 3 is 2.37 bits per heavy atom. The molecule has 2 heterocycles. The van der Waals surface area contributed by atoms with Crippen LogP contribution in [0.4, 0.5) is 10.1 Å². The van der Waals surface area contributed by atoms with E-state index in [1.54, 1.807) is 14.2 Å². The minimum absolute atomic E-state index is 0.200. The van der Waals surface area contributed by atoms with Crippen molar-refractivity contribution < 1.29 is 13.9 Å². The third-order valence-electron chi connectivity index (χ3n) is 5.46. The number of hydrogen-bond donors (Lipinski definition) is 0. The summed E-state index contributed by atoms with van der Waals surface area (Å²) in [4.78, 5) is 9.41. The number of nitrogens with zero attached hydrogens (tertiary/aromatic N) is 3. The number of anilines is 1. The number of piperazine rings is 1. The minimum atomic E-state index is -0.200. The van der Waals surface area contributed by atoms with Crippen molar-refractivity contribution >= 4 is 5.69 Å². The lowest BCUT2D eigenvalue weighted by molar-refractivity contribution is 0.245. The van der Waals surface area contributed by atoms with Crippen LogP contribution in [0.15, 0.2) is 60.7 Å². The zero-order chi connectivity index (χ0) is 20.9. The highest BCUT2D eigenvalue weighted by molar-refractivity contribution is 5.62. The van der Waals surface area contributed by atoms with E-state index in [1.807, 2.05) is 42.5 Å². The Morgan fingerprint density at radius 1 is 0.900 bits per heavy atom. The molecule has 30 heavy (non-hydrogen) atoms. The first-order valence-corrected chi connectivity index (χ1v) is 10.1. The van der Waals surface area contributed by atoms with Crippen LogP contribution < -0.4 is 14.4 Å². The number of rotatable bonds is 6. The van der Waals surface area contributed by atoms with Gasteiger partial charge in [-0.15, -0.1) is 0 Å². The first-order chi connectivity index (χ1) is 14.7. The lowest BCUT2D eigenvalue weighted by Crippen LogP contribution is -2.46. The van der Waals surface area contributed by atoms with Gasteiger partial charge in [-0.3, -0.25) is 4.90 Å². The molecule has 0 spiro atoms. The Bertz CT molecular complexity index is 986. The average Bonchev–Trinajstić information content (AvgIpc) is 2.80. The van der Waals surface area contributed by atoms with Crippen LogP contribution in [0.25, 0.3) is 11.3 Å². The van der Waals surface area contributed by atoms with Crippen molar-refractivity contribution in [2.45, 2.75) is 6.54 Å². The first-order valence-electron chi connectivity index (χ1n) is 10.1. The van der Waals surface area contributed by atoms with E-state index in [0.29, 0.717) is 5.88 Å². The van der Waals surface area contributed by atoms with E-state index in [4.69, 9.17) is 14.5 Å². The molecule has 2 aromatic carbocycles. The number of methoxy groups -OCH3 is 2. The van der Waals surface area contributed by atoms with E-state index in [2.05, 4.69) is 15.9 Å². The predicted octanol–water partition coefficient (Wildman–Crippen LogP) is 4.23. The van der Waals surface area contributed by atoms with Gasteiger partial charge in [-0.1, -0.05) is 18.2 Å². The fraction of sp³-hybridized carbons (Fsp3) is 0.292. The summed E-state index contributed by atoms with van der Waals surface area (Å²) in [6.45, 7) is 4.45. The van der Waals surface area contributed by atoms with Crippen molar-refractivity contribution in [1.29, 1.82) is 0 Å². The number of halogens is 1. The third-order valence-corrected chi connectivity index (χ3v) is 5.46. The third kappa shape index (κ3) is 4.54. The van der Waals surface area contributed by atoms with E-state index in [0.717, 1.165) is 61.0 Å². The SMILES string of the molecule is COc1cccc(-c2ccc(CN3CCN(c4ccc(F)cc4)CC3)c(OC)n2)c1. The molecule has 0 radical (unpaired) electrons. The summed E-state index contributed by atoms with van der Waals surface area (Å²) in [6, 6.07) is 18.7. The van der Waals surface area contributed by atoms with Crippen molar-refractivity contribution in [2.24, 2.45) is 0 Å². The molecule has 0 atom stereocenters. The summed E-state index contributed by atoms with van der Waals surface area (Å²) in [6.07, 6.45) is 0. The number of aromatic nitrogens is 1. The van der Waals surface area contributed by atoms with Gasteiger partial charge in [0.1, 0.15) is 11.6 Å². The van der Waals surface area contributed by atoms with Crippen molar-refractivity contribution in [2.75, 3.05) is 45.3 Å². The molecule has 0 amide bonds. The van der Waals surface area contributed by atoms with Gasteiger partial charge >= 0.3 is 0 Å². The van der Waals surface area contributed by atoms with Crippen LogP contribution in [-0.2, 0) is 6.54 Å². The molecule has 4 rings (SSSR count). The Hall–Kier alpha value is -3.12. The highest BCUT2D eigenvalue weighted by atomic mass is 19.1. The van der Waals surface area contributed by atoms with Crippen LogP contribution in [0.1, 0.15) is 5.56 Å². The molecule has 0 saturated carbocycles. The van der Waals surface area contributed by atoms with Crippen LogP contribution in [-0.4, -0.2) is 50.3 Å². The fourth-order valence-electron chi connectivity index (χ4n) is 3.77. The van der Waals surface area contributed by atoms with Gasteiger partial charge in [-0.25, -0.2) is 9.37 Å². The smallest absolute Gasteiger partial charge is 0.218 e. The molecule has 1 aliphatic rings. The van der Waals surface area contributed by atoms with Gasteiger partial charge in [0.15, 0.2) is 0 Å². The maximum Gasteiger partial charge on any atom is 0.218 e. The zero-order valence-corrected chi connectivity index (χ0v) is 17.3. The molecule has 5 nitrogen and oxygen atoms in total. The molecule has 156 valence electrons. The number of pyridine rings is 1. The van der Waals surface area contributed by atoms with E-state index in [1.165, 1.54) is 12.1 Å². The highest BCUT2D eigenvalue weighted by Gasteiger charge is 2.19. The second-order valence-corrected chi connectivity index (χ2v) is 7.34. The largest absolute Gasteiger partial charge is 0.497 e. The summed E-state index contributed by atoms with van der Waals surface area (Å²) in [5.41, 5.74) is 3.99. The summed E-state index contributed by atoms with van der Waals surface area (Å²) in [7, 11) is 3.32. The second kappa shape index (κ2) is 9.13. The second-order valence-electron chi connectivity index (χ2n) is 7.34. The fourth-order valence-corrected chi connectivity index (χ4v) is 3.77. The molecule has 1 fully saturated rings. The van der Waals surface area contributed by atoms with Gasteiger partial charge in [0.25, 0.3) is 0 Å². The van der Waals surface area contributed by atoms with E-state index >= 15 is 0 Å². The Kier molecular flexibility index (Phi) is 6.14. The average molecular weight is 407 g/mol. The molecular weight excluding hydrogens is 381 g/mol. The van der Waals surface area contributed by atoms with Crippen LogP contribution in [0, 0.1) is 5.82 Å².